The van der Waals surface area contributed by atoms with E-state index in [4.69, 9.17) is 17.3 Å². The molecule has 0 spiro atoms. The van der Waals surface area contributed by atoms with Gasteiger partial charge in [0.15, 0.2) is 0 Å². The summed E-state index contributed by atoms with van der Waals surface area (Å²) in [5.74, 6) is 0.230. The molecule has 1 atom stereocenters. The topological polar surface area (TPSA) is 43.1 Å². The van der Waals surface area contributed by atoms with Crippen LogP contribution >= 0.6 is 11.6 Å². The average Bonchev–Trinajstić information content (AvgIpc) is 2.21. The van der Waals surface area contributed by atoms with Crippen molar-refractivity contribution in [3.05, 3.63) is 34.9 Å². The second kappa shape index (κ2) is 6.66. The molecule has 0 saturated heterocycles. The van der Waals surface area contributed by atoms with E-state index in [-0.39, 0.29) is 11.8 Å². The zero-order valence-electron chi connectivity index (χ0n) is 9.58. The number of benzene rings is 1. The van der Waals surface area contributed by atoms with Gasteiger partial charge in [0.25, 0.3) is 0 Å². The Bertz CT molecular complexity index is 350. The first kappa shape index (κ1) is 13.2. The van der Waals surface area contributed by atoms with Gasteiger partial charge in [-0.1, -0.05) is 29.8 Å². The first-order valence-electron chi connectivity index (χ1n) is 5.60. The Balaban J connectivity index is 2.37. The Hall–Kier alpha value is -0.860. The molecule has 3 heteroatoms. The minimum Gasteiger partial charge on any atom is -0.328 e. The van der Waals surface area contributed by atoms with Gasteiger partial charge in [-0.05, 0) is 31.4 Å². The maximum absolute atomic E-state index is 11.6. The number of Topliss-reactive ketones (excluding diaryl/α,β-unsaturated/α-hetero) is 1. The zero-order valence-corrected chi connectivity index (χ0v) is 10.3. The highest BCUT2D eigenvalue weighted by Gasteiger charge is 2.06. The monoisotopic (exact) mass is 239 g/mol. The number of rotatable bonds is 6. The number of ketones is 1. The normalized spacial score (nSPS) is 12.4. The van der Waals surface area contributed by atoms with Crippen molar-refractivity contribution in [3.8, 4) is 0 Å². The molecule has 0 aliphatic heterocycles. The number of carbonyl (C=O) groups is 1. The summed E-state index contributed by atoms with van der Waals surface area (Å²) < 4.78 is 0. The molecule has 2 N–H and O–H groups in total. The number of carbonyl (C=O) groups excluding carboxylic acids is 1. The lowest BCUT2D eigenvalue weighted by atomic mass is 10.0. The van der Waals surface area contributed by atoms with Crippen molar-refractivity contribution in [1.82, 2.24) is 0 Å². The summed E-state index contributed by atoms with van der Waals surface area (Å²) in [6.07, 6.45) is 2.78. The van der Waals surface area contributed by atoms with E-state index >= 15 is 0 Å². The van der Waals surface area contributed by atoms with Crippen LogP contribution in [0, 0.1) is 0 Å². The number of hydrogen-bond donors (Lipinski definition) is 1. The summed E-state index contributed by atoms with van der Waals surface area (Å²) in [5, 5.41) is 0.669. The first-order valence-corrected chi connectivity index (χ1v) is 5.98. The van der Waals surface area contributed by atoms with Crippen molar-refractivity contribution in [2.75, 3.05) is 0 Å². The van der Waals surface area contributed by atoms with Crippen LogP contribution < -0.4 is 5.73 Å². The lowest BCUT2D eigenvalue weighted by Crippen LogP contribution is -2.15. The summed E-state index contributed by atoms with van der Waals surface area (Å²) in [5.41, 5.74) is 6.53. The van der Waals surface area contributed by atoms with Crippen LogP contribution in [0.15, 0.2) is 24.3 Å². The van der Waals surface area contributed by atoms with E-state index in [0.717, 1.165) is 18.4 Å². The molecule has 2 nitrogen and oxygen atoms in total. The summed E-state index contributed by atoms with van der Waals surface area (Å²) in [7, 11) is 0. The Morgan fingerprint density at radius 3 is 2.75 bits per heavy atom. The summed E-state index contributed by atoms with van der Waals surface area (Å²) >= 11 is 5.98. The third-order valence-electron chi connectivity index (χ3n) is 2.46. The number of halogens is 1. The van der Waals surface area contributed by atoms with Crippen LogP contribution in [0.3, 0.4) is 0 Å². The van der Waals surface area contributed by atoms with Crippen LogP contribution in [0.2, 0.25) is 5.02 Å². The highest BCUT2D eigenvalue weighted by molar-refractivity contribution is 6.31. The highest BCUT2D eigenvalue weighted by Crippen LogP contribution is 2.16. The molecule has 0 amide bonds. The molecule has 1 unspecified atom stereocenters. The largest absolute Gasteiger partial charge is 0.328 e. The Morgan fingerprint density at radius 2 is 2.12 bits per heavy atom. The van der Waals surface area contributed by atoms with Crippen LogP contribution in [0.25, 0.3) is 0 Å². The van der Waals surface area contributed by atoms with Gasteiger partial charge in [0.2, 0.25) is 0 Å². The molecule has 0 saturated carbocycles. The van der Waals surface area contributed by atoms with Gasteiger partial charge in [0.05, 0.1) is 0 Å². The van der Waals surface area contributed by atoms with E-state index < -0.39 is 0 Å². The molecule has 16 heavy (non-hydrogen) atoms. The van der Waals surface area contributed by atoms with E-state index in [1.165, 1.54) is 0 Å². The summed E-state index contributed by atoms with van der Waals surface area (Å²) in [6.45, 7) is 1.96. The second-order valence-electron chi connectivity index (χ2n) is 4.18. The van der Waals surface area contributed by atoms with Crippen LogP contribution in [0.1, 0.15) is 31.7 Å². The van der Waals surface area contributed by atoms with Gasteiger partial charge in [-0.3, -0.25) is 4.79 Å². The number of hydrogen-bond acceptors (Lipinski definition) is 2. The quantitative estimate of drug-likeness (QED) is 0.830. The van der Waals surface area contributed by atoms with E-state index in [0.29, 0.717) is 17.9 Å². The standard InChI is InChI=1S/C13H18ClNO/c1-10(15)5-4-7-12(16)9-11-6-2-3-8-13(11)14/h2-3,6,8,10H,4-5,7,9,15H2,1H3. The SMILES string of the molecule is CC(N)CCCC(=O)Cc1ccccc1Cl. The van der Waals surface area contributed by atoms with Gasteiger partial charge in [-0.15, -0.1) is 0 Å². The van der Waals surface area contributed by atoms with Crippen LogP contribution in [0.5, 0.6) is 0 Å². The van der Waals surface area contributed by atoms with E-state index in [9.17, 15) is 4.79 Å². The molecule has 1 rings (SSSR count). The maximum Gasteiger partial charge on any atom is 0.137 e. The fraction of sp³-hybridized carbons (Fsp3) is 0.462. The Morgan fingerprint density at radius 1 is 1.44 bits per heavy atom. The van der Waals surface area contributed by atoms with Crippen molar-refractivity contribution in [2.24, 2.45) is 5.73 Å². The third-order valence-corrected chi connectivity index (χ3v) is 2.83. The third kappa shape index (κ3) is 4.77. The van der Waals surface area contributed by atoms with Crippen molar-refractivity contribution in [2.45, 2.75) is 38.6 Å². The lowest BCUT2D eigenvalue weighted by Gasteiger charge is -2.05. The highest BCUT2D eigenvalue weighted by atomic mass is 35.5. The van der Waals surface area contributed by atoms with Crippen LogP contribution in [-0.2, 0) is 11.2 Å². The van der Waals surface area contributed by atoms with Crippen molar-refractivity contribution in [3.63, 3.8) is 0 Å². The Labute approximate surface area is 102 Å². The van der Waals surface area contributed by atoms with Crippen LogP contribution in [-0.4, -0.2) is 11.8 Å². The van der Waals surface area contributed by atoms with Crippen LogP contribution in [0.4, 0.5) is 0 Å². The van der Waals surface area contributed by atoms with Gasteiger partial charge in [0.1, 0.15) is 5.78 Å². The zero-order chi connectivity index (χ0) is 12.0. The van der Waals surface area contributed by atoms with Crippen molar-refractivity contribution < 1.29 is 4.79 Å². The molecular formula is C13H18ClNO. The maximum atomic E-state index is 11.6. The first-order chi connectivity index (χ1) is 7.59. The molecule has 0 aromatic heterocycles. The molecule has 1 aromatic rings. The van der Waals surface area contributed by atoms with Gasteiger partial charge in [-0.25, -0.2) is 0 Å². The van der Waals surface area contributed by atoms with Gasteiger partial charge in [-0.2, -0.15) is 0 Å². The fourth-order valence-electron chi connectivity index (χ4n) is 1.56. The van der Waals surface area contributed by atoms with Crippen molar-refractivity contribution in [1.29, 1.82) is 0 Å². The average molecular weight is 240 g/mol. The molecule has 0 aliphatic carbocycles. The minimum atomic E-state index is 0.174. The van der Waals surface area contributed by atoms with Gasteiger partial charge < -0.3 is 5.73 Å². The summed E-state index contributed by atoms with van der Waals surface area (Å²) in [6, 6.07) is 7.65. The van der Waals surface area contributed by atoms with Gasteiger partial charge >= 0.3 is 0 Å². The van der Waals surface area contributed by atoms with E-state index in [1.807, 2.05) is 31.2 Å². The lowest BCUT2D eigenvalue weighted by molar-refractivity contribution is -0.118. The molecule has 0 heterocycles. The molecule has 0 radical (unpaired) electrons. The number of nitrogens with two attached hydrogens (primary N) is 1. The van der Waals surface area contributed by atoms with Gasteiger partial charge in [0, 0.05) is 23.9 Å². The molecule has 0 fully saturated rings. The summed E-state index contributed by atoms with van der Waals surface area (Å²) in [4.78, 5) is 11.6. The van der Waals surface area contributed by atoms with E-state index in [2.05, 4.69) is 0 Å². The molecule has 88 valence electrons. The predicted octanol–water partition coefficient (Wildman–Crippen LogP) is 2.97. The molecule has 0 aliphatic rings. The fourth-order valence-corrected chi connectivity index (χ4v) is 1.77. The van der Waals surface area contributed by atoms with Crippen molar-refractivity contribution >= 4 is 17.4 Å². The smallest absolute Gasteiger partial charge is 0.137 e. The molecule has 0 bridgehead atoms. The minimum absolute atomic E-state index is 0.174. The molecule has 1 aromatic carbocycles. The Kier molecular flexibility index (Phi) is 5.50. The predicted molar refractivity (Wildman–Crippen MR) is 67.7 cm³/mol. The van der Waals surface area contributed by atoms with E-state index in [1.54, 1.807) is 0 Å². The molecular weight excluding hydrogens is 222 g/mol. The second-order valence-corrected chi connectivity index (χ2v) is 4.58.